The summed E-state index contributed by atoms with van der Waals surface area (Å²) in [7, 11) is 0. The number of carbonyl (C=O) groups is 4. The van der Waals surface area contributed by atoms with Gasteiger partial charge in [0.15, 0.2) is 0 Å². The van der Waals surface area contributed by atoms with Gasteiger partial charge in [-0.15, -0.1) is 23.1 Å². The molecule has 4 amide bonds. The monoisotopic (exact) mass is 923 g/mol. The van der Waals surface area contributed by atoms with Crippen LogP contribution in [-0.4, -0.2) is 115 Å². The van der Waals surface area contributed by atoms with Crippen LogP contribution in [0.4, 0.5) is 4.79 Å². The highest BCUT2D eigenvalue weighted by Crippen LogP contribution is 2.54. The minimum absolute atomic E-state index is 0.0344. The van der Waals surface area contributed by atoms with Crippen LogP contribution < -0.4 is 16.4 Å². The summed E-state index contributed by atoms with van der Waals surface area (Å²) in [6.07, 6.45) is -1.80. The number of amides is 4. The van der Waals surface area contributed by atoms with Crippen molar-refractivity contribution in [2.24, 2.45) is 5.73 Å². The molecule has 2 heterocycles. The lowest BCUT2D eigenvalue weighted by molar-refractivity contribution is -0.142. The maximum absolute atomic E-state index is 15.2. The number of hydrogen-bond donors (Lipinski definition) is 4. The van der Waals surface area contributed by atoms with E-state index < -0.39 is 51.5 Å². The Hall–Kier alpha value is -5.62. The molecular weight excluding hydrogens is 867 g/mol. The number of nitrogens with two attached hydrogens (primary N) is 1. The highest BCUT2D eigenvalue weighted by Gasteiger charge is 2.50. The molecule has 1 aliphatic rings. The standard InChI is InChI=1S/C49H57N5O9S2/c1-34-43(64-33-52-34)36-21-19-35(20-22-36)30-51-45(57)41-29-40(55)31-54(41)46(58)44(53-42(56)32-62-26-25-60-23-24-61-27-28-63-47(50)59)48(2,3)65-49(37-13-7-4-8-14-37,38-15-9-5-10-16-38)39-17-11-6-12-18-39/h4-22,33,40-41,44,55H,23-32H2,1-3H3,(H2,50,59)(H,51,57)(H,53,56)/t40-,41+,44?/m1/s1. The molecule has 0 radical (unpaired) electrons. The molecule has 16 heteroatoms. The van der Waals surface area contributed by atoms with Crippen molar-refractivity contribution in [1.29, 1.82) is 0 Å². The smallest absolute Gasteiger partial charge is 0.404 e. The fraction of sp³-hybridized carbons (Fsp3) is 0.367. The van der Waals surface area contributed by atoms with Crippen molar-refractivity contribution in [1.82, 2.24) is 20.5 Å². The van der Waals surface area contributed by atoms with Crippen molar-refractivity contribution in [3.8, 4) is 10.4 Å². The average Bonchev–Trinajstić information content (AvgIpc) is 3.94. The second kappa shape index (κ2) is 23.5. The molecule has 1 unspecified atom stereocenters. The van der Waals surface area contributed by atoms with Crippen molar-refractivity contribution >= 4 is 46.9 Å². The Morgan fingerprint density at radius 2 is 1.35 bits per heavy atom. The number of aryl methyl sites for hydroxylation is 1. The molecule has 344 valence electrons. The molecule has 1 saturated heterocycles. The number of hydrogen-bond acceptors (Lipinski definition) is 12. The molecule has 1 aliphatic heterocycles. The van der Waals surface area contributed by atoms with Crippen LogP contribution in [-0.2, 0) is 44.6 Å². The summed E-state index contributed by atoms with van der Waals surface area (Å²) in [5, 5.41) is 17.0. The average molecular weight is 924 g/mol. The Kier molecular flexibility index (Phi) is 17.7. The second-order valence-corrected chi connectivity index (χ2v) is 18.7. The first-order valence-electron chi connectivity index (χ1n) is 21.5. The summed E-state index contributed by atoms with van der Waals surface area (Å²) in [6.45, 7) is 6.51. The van der Waals surface area contributed by atoms with Crippen LogP contribution in [0.25, 0.3) is 10.4 Å². The molecule has 3 atom stereocenters. The molecule has 0 bridgehead atoms. The predicted molar refractivity (Wildman–Crippen MR) is 251 cm³/mol. The van der Waals surface area contributed by atoms with E-state index >= 15 is 4.79 Å². The number of aromatic nitrogens is 1. The zero-order valence-corrected chi connectivity index (χ0v) is 38.5. The van der Waals surface area contributed by atoms with Gasteiger partial charge in [0.25, 0.3) is 0 Å². The number of likely N-dealkylation sites (tertiary alicyclic amines) is 1. The summed E-state index contributed by atoms with van der Waals surface area (Å²) in [5.74, 6) is -1.46. The Morgan fingerprint density at radius 3 is 1.88 bits per heavy atom. The molecule has 0 saturated carbocycles. The van der Waals surface area contributed by atoms with Gasteiger partial charge in [0.1, 0.15) is 25.3 Å². The number of nitrogens with one attached hydrogen (secondary N) is 2. The fourth-order valence-corrected chi connectivity index (χ4v) is 10.5. The molecular formula is C49H57N5O9S2. The highest BCUT2D eigenvalue weighted by molar-refractivity contribution is 8.02. The van der Waals surface area contributed by atoms with Crippen LogP contribution in [0.3, 0.4) is 0 Å². The fourth-order valence-electron chi connectivity index (χ4n) is 7.82. The molecule has 6 rings (SSSR count). The molecule has 1 fully saturated rings. The Labute approximate surface area is 388 Å². The molecule has 14 nitrogen and oxygen atoms in total. The van der Waals surface area contributed by atoms with E-state index in [9.17, 15) is 19.5 Å². The van der Waals surface area contributed by atoms with Crippen LogP contribution in [0.15, 0.2) is 121 Å². The molecule has 5 N–H and O–H groups in total. The number of β-amino-alcohol motifs (C(OH)–C–C–N with tert-alkyl or cyclic N) is 1. The van der Waals surface area contributed by atoms with Crippen molar-refractivity contribution in [3.05, 3.63) is 149 Å². The van der Waals surface area contributed by atoms with Crippen molar-refractivity contribution in [2.75, 3.05) is 52.8 Å². The Bertz CT molecular complexity index is 2200. The maximum Gasteiger partial charge on any atom is 0.404 e. The number of primary amides is 1. The minimum Gasteiger partial charge on any atom is -0.447 e. The molecule has 0 spiro atoms. The quantitative estimate of drug-likeness (QED) is 0.0456. The number of carbonyl (C=O) groups excluding carboxylic acids is 4. The van der Waals surface area contributed by atoms with Crippen LogP contribution in [0.2, 0.25) is 0 Å². The van der Waals surface area contributed by atoms with Crippen molar-refractivity contribution in [2.45, 2.75) is 61.4 Å². The number of benzene rings is 4. The number of nitrogens with zero attached hydrogens (tertiary/aromatic N) is 2. The van der Waals surface area contributed by atoms with E-state index in [4.69, 9.17) is 19.9 Å². The van der Waals surface area contributed by atoms with E-state index in [1.165, 1.54) is 16.7 Å². The van der Waals surface area contributed by atoms with Gasteiger partial charge in [-0.3, -0.25) is 14.4 Å². The van der Waals surface area contributed by atoms with Gasteiger partial charge in [-0.25, -0.2) is 9.78 Å². The third-order valence-corrected chi connectivity index (χ3v) is 13.7. The van der Waals surface area contributed by atoms with Gasteiger partial charge < -0.3 is 45.3 Å². The van der Waals surface area contributed by atoms with Gasteiger partial charge in [-0.2, -0.15) is 0 Å². The number of aliphatic hydroxyl groups is 1. The summed E-state index contributed by atoms with van der Waals surface area (Å²) in [5.41, 5.74) is 12.5. The zero-order chi connectivity index (χ0) is 46.2. The SMILES string of the molecule is Cc1ncsc1-c1ccc(CNC(=O)[C@@H]2C[C@@H](O)CN2C(=O)C(NC(=O)COCCOCCOCCOC(N)=O)C(C)(C)SC(c2ccccc2)(c2ccccc2)c2ccccc2)cc1. The lowest BCUT2D eigenvalue weighted by Crippen LogP contribution is -2.61. The normalized spacial score (nSPS) is 15.6. The number of ether oxygens (including phenoxy) is 4. The molecule has 0 aliphatic carbocycles. The summed E-state index contributed by atoms with van der Waals surface area (Å²) < 4.78 is 19.2. The first-order chi connectivity index (χ1) is 31.4. The molecule has 65 heavy (non-hydrogen) atoms. The van der Waals surface area contributed by atoms with E-state index in [1.54, 1.807) is 11.3 Å². The number of thioether (sulfide) groups is 1. The second-order valence-electron chi connectivity index (χ2n) is 16.0. The van der Waals surface area contributed by atoms with Crippen LogP contribution in [0.5, 0.6) is 0 Å². The van der Waals surface area contributed by atoms with E-state index in [0.717, 1.165) is 38.4 Å². The number of thiazole rings is 1. The third-order valence-electron chi connectivity index (χ3n) is 10.9. The van der Waals surface area contributed by atoms with E-state index in [0.29, 0.717) is 0 Å². The highest BCUT2D eigenvalue weighted by atomic mass is 32.2. The molecule has 1 aromatic heterocycles. The minimum atomic E-state index is -1.20. The van der Waals surface area contributed by atoms with Crippen LogP contribution in [0, 0.1) is 6.92 Å². The summed E-state index contributed by atoms with van der Waals surface area (Å²) in [4.78, 5) is 60.6. The van der Waals surface area contributed by atoms with E-state index in [2.05, 4.69) is 56.8 Å². The molecule has 4 aromatic carbocycles. The van der Waals surface area contributed by atoms with Gasteiger partial charge in [0.2, 0.25) is 17.7 Å². The van der Waals surface area contributed by atoms with Gasteiger partial charge in [-0.05, 0) is 48.6 Å². The van der Waals surface area contributed by atoms with Crippen LogP contribution in [0.1, 0.15) is 48.2 Å². The number of rotatable bonds is 23. The van der Waals surface area contributed by atoms with Gasteiger partial charge >= 0.3 is 6.09 Å². The first-order valence-corrected chi connectivity index (χ1v) is 23.2. The maximum atomic E-state index is 15.2. The first kappa shape index (κ1) is 48.8. The van der Waals surface area contributed by atoms with Gasteiger partial charge in [-0.1, -0.05) is 115 Å². The van der Waals surface area contributed by atoms with Gasteiger partial charge in [0.05, 0.1) is 60.0 Å². The number of aliphatic hydroxyl groups excluding tert-OH is 1. The largest absolute Gasteiger partial charge is 0.447 e. The summed E-state index contributed by atoms with van der Waals surface area (Å²) in [6, 6.07) is 35.8. The zero-order valence-electron chi connectivity index (χ0n) is 36.9. The van der Waals surface area contributed by atoms with Crippen molar-refractivity contribution < 1.29 is 43.2 Å². The lowest BCUT2D eigenvalue weighted by atomic mass is 9.84. The van der Waals surface area contributed by atoms with Crippen LogP contribution >= 0.6 is 23.1 Å². The predicted octanol–water partition coefficient (Wildman–Crippen LogP) is 5.83. The van der Waals surface area contributed by atoms with Gasteiger partial charge in [0, 0.05) is 24.3 Å². The van der Waals surface area contributed by atoms with E-state index in [-0.39, 0.29) is 65.8 Å². The summed E-state index contributed by atoms with van der Waals surface area (Å²) >= 11 is 3.09. The Morgan fingerprint density at radius 1 is 0.815 bits per heavy atom. The third kappa shape index (κ3) is 13.0. The Balaban J connectivity index is 1.22. The molecule has 5 aromatic rings. The van der Waals surface area contributed by atoms with E-state index in [1.807, 2.05) is 105 Å². The lowest BCUT2D eigenvalue weighted by Gasteiger charge is -2.45. The topological polar surface area (TPSA) is 192 Å². The van der Waals surface area contributed by atoms with Crippen molar-refractivity contribution in [3.63, 3.8) is 0 Å².